The highest BCUT2D eigenvalue weighted by molar-refractivity contribution is 6.36. The number of hydrogen-bond acceptors (Lipinski definition) is 3. The van der Waals surface area contributed by atoms with E-state index in [1.54, 1.807) is 24.3 Å². The maximum atomic E-state index is 12.3. The molecule has 2 aromatic carbocycles. The summed E-state index contributed by atoms with van der Waals surface area (Å²) in [6.45, 7) is 0. The molecule has 0 unspecified atom stereocenters. The molecule has 0 amide bonds. The Balaban J connectivity index is 2.01. The molecular weight excluding hydrogens is 418 g/mol. The molecule has 2 rings (SSSR count). The number of ether oxygens (including phenoxy) is 2. The quantitative estimate of drug-likeness (QED) is 0.477. The van der Waals surface area contributed by atoms with Crippen LogP contribution in [0.5, 0.6) is 11.5 Å². The minimum absolute atomic E-state index is 0.0984. The van der Waals surface area contributed by atoms with Crippen molar-refractivity contribution in [2.45, 2.75) is 25.7 Å². The number of rotatable bonds is 8. The third-order valence-corrected chi connectivity index (χ3v) is 4.92. The molecule has 140 valence electrons. The number of hydrogen-bond donors (Lipinski definition) is 0. The van der Waals surface area contributed by atoms with E-state index in [0.29, 0.717) is 57.3 Å². The molecule has 0 heterocycles. The molecule has 0 atom stereocenters. The third kappa shape index (κ3) is 5.43. The maximum absolute atomic E-state index is 12.3. The molecule has 3 nitrogen and oxygen atoms in total. The Hall–Kier alpha value is -1.13. The minimum atomic E-state index is 0.0984. The third-order valence-electron chi connectivity index (χ3n) is 3.93. The summed E-state index contributed by atoms with van der Waals surface area (Å²) in [5.74, 6) is 1.20. The van der Waals surface area contributed by atoms with Crippen LogP contribution in [0, 0.1) is 0 Å². The summed E-state index contributed by atoms with van der Waals surface area (Å²) in [5.41, 5.74) is 1.61. The normalized spacial score (nSPS) is 10.7. The van der Waals surface area contributed by atoms with Gasteiger partial charge in [0.05, 0.1) is 24.3 Å². The molecule has 0 radical (unpaired) electrons. The molecule has 0 spiro atoms. The number of carbonyl (C=O) groups excluding carboxylic acids is 1. The number of carbonyl (C=O) groups is 1. The first kappa shape index (κ1) is 21.2. The molecular formula is C19H18Cl4O3. The highest BCUT2D eigenvalue weighted by Crippen LogP contribution is 2.34. The van der Waals surface area contributed by atoms with Crippen molar-refractivity contribution >= 4 is 52.2 Å². The van der Waals surface area contributed by atoms with Gasteiger partial charge in [-0.1, -0.05) is 46.4 Å². The van der Waals surface area contributed by atoms with Crippen molar-refractivity contribution in [1.29, 1.82) is 0 Å². The molecule has 0 bridgehead atoms. The van der Waals surface area contributed by atoms with Gasteiger partial charge in [-0.2, -0.15) is 0 Å². The average Bonchev–Trinajstić information content (AvgIpc) is 2.57. The first-order valence-corrected chi connectivity index (χ1v) is 9.42. The SMILES string of the molecule is COc1c(Cl)cc(Cl)cc1CCC(=O)CCc1cc(Cl)cc(Cl)c1OC. The van der Waals surface area contributed by atoms with Crippen molar-refractivity contribution in [3.63, 3.8) is 0 Å². The first-order chi connectivity index (χ1) is 12.3. The number of halogens is 4. The smallest absolute Gasteiger partial charge is 0.140 e. The van der Waals surface area contributed by atoms with Crippen LogP contribution in [0.1, 0.15) is 24.0 Å². The molecule has 0 aliphatic heterocycles. The van der Waals surface area contributed by atoms with Gasteiger partial charge in [0.2, 0.25) is 0 Å². The van der Waals surface area contributed by atoms with Gasteiger partial charge in [-0.05, 0) is 48.2 Å². The van der Waals surface area contributed by atoms with E-state index in [1.807, 2.05) is 0 Å². The molecule has 0 aromatic heterocycles. The van der Waals surface area contributed by atoms with Gasteiger partial charge < -0.3 is 9.47 Å². The Labute approximate surface area is 173 Å². The second-order valence-electron chi connectivity index (χ2n) is 5.70. The Kier molecular flexibility index (Phi) is 7.90. The lowest BCUT2D eigenvalue weighted by Crippen LogP contribution is -2.04. The second-order valence-corrected chi connectivity index (χ2v) is 7.39. The average molecular weight is 436 g/mol. The molecule has 0 aliphatic carbocycles. The van der Waals surface area contributed by atoms with Gasteiger partial charge in [0, 0.05) is 22.9 Å². The lowest BCUT2D eigenvalue weighted by molar-refractivity contribution is -0.119. The van der Waals surface area contributed by atoms with Gasteiger partial charge in [0.25, 0.3) is 0 Å². The van der Waals surface area contributed by atoms with Crippen LogP contribution in [0.2, 0.25) is 20.1 Å². The number of Topliss-reactive ketones (excluding diaryl/α,β-unsaturated/α-hetero) is 1. The van der Waals surface area contributed by atoms with E-state index in [2.05, 4.69) is 0 Å². The summed E-state index contributed by atoms with van der Waals surface area (Å²) in [6.07, 6.45) is 1.69. The van der Waals surface area contributed by atoms with Crippen molar-refractivity contribution in [2.75, 3.05) is 14.2 Å². The van der Waals surface area contributed by atoms with Crippen molar-refractivity contribution in [3.8, 4) is 11.5 Å². The molecule has 0 N–H and O–H groups in total. The fourth-order valence-electron chi connectivity index (χ4n) is 2.73. The lowest BCUT2D eigenvalue weighted by Gasteiger charge is -2.12. The Morgan fingerprint density at radius 1 is 0.769 bits per heavy atom. The summed E-state index contributed by atoms with van der Waals surface area (Å²) in [4.78, 5) is 12.3. The van der Waals surface area contributed by atoms with E-state index in [0.717, 1.165) is 11.1 Å². The fraction of sp³-hybridized carbons (Fsp3) is 0.316. The maximum Gasteiger partial charge on any atom is 0.140 e. The van der Waals surface area contributed by atoms with Crippen LogP contribution in [0.3, 0.4) is 0 Å². The Morgan fingerprint density at radius 3 is 1.50 bits per heavy atom. The van der Waals surface area contributed by atoms with E-state index in [4.69, 9.17) is 55.9 Å². The number of ketones is 1. The predicted octanol–water partition coefficient (Wildman–Crippen LogP) is 6.45. The van der Waals surface area contributed by atoms with Crippen LogP contribution in [-0.4, -0.2) is 20.0 Å². The van der Waals surface area contributed by atoms with Gasteiger partial charge in [0.15, 0.2) is 0 Å². The number of benzene rings is 2. The predicted molar refractivity (Wildman–Crippen MR) is 108 cm³/mol. The molecule has 2 aromatic rings. The van der Waals surface area contributed by atoms with Gasteiger partial charge in [0.1, 0.15) is 17.3 Å². The summed E-state index contributed by atoms with van der Waals surface area (Å²) >= 11 is 24.3. The molecule has 7 heteroatoms. The van der Waals surface area contributed by atoms with E-state index in [-0.39, 0.29) is 5.78 Å². The number of aryl methyl sites for hydroxylation is 2. The zero-order valence-electron chi connectivity index (χ0n) is 14.4. The van der Waals surface area contributed by atoms with Crippen LogP contribution < -0.4 is 9.47 Å². The minimum Gasteiger partial charge on any atom is -0.495 e. The standard InChI is InChI=1S/C19H18Cl4O3/c1-25-18-11(7-13(20)9-16(18)22)3-5-15(24)6-4-12-8-14(21)10-17(23)19(12)26-2/h7-10H,3-6H2,1-2H3. The van der Waals surface area contributed by atoms with Crippen LogP contribution >= 0.6 is 46.4 Å². The van der Waals surface area contributed by atoms with Crippen molar-refractivity contribution < 1.29 is 14.3 Å². The van der Waals surface area contributed by atoms with E-state index < -0.39 is 0 Å². The van der Waals surface area contributed by atoms with Gasteiger partial charge >= 0.3 is 0 Å². The first-order valence-electron chi connectivity index (χ1n) is 7.91. The summed E-state index contributed by atoms with van der Waals surface area (Å²) in [6, 6.07) is 6.75. The monoisotopic (exact) mass is 434 g/mol. The largest absolute Gasteiger partial charge is 0.495 e. The van der Waals surface area contributed by atoms with Gasteiger partial charge in [-0.25, -0.2) is 0 Å². The fourth-order valence-corrected chi connectivity index (χ4v) is 3.95. The summed E-state index contributed by atoms with van der Waals surface area (Å²) < 4.78 is 10.6. The molecule has 0 aliphatic rings. The van der Waals surface area contributed by atoms with Crippen molar-refractivity contribution in [3.05, 3.63) is 55.5 Å². The molecule has 26 heavy (non-hydrogen) atoms. The van der Waals surface area contributed by atoms with Gasteiger partial charge in [-0.15, -0.1) is 0 Å². The molecule has 0 saturated heterocycles. The Morgan fingerprint density at radius 2 is 1.15 bits per heavy atom. The lowest BCUT2D eigenvalue weighted by atomic mass is 10.0. The van der Waals surface area contributed by atoms with Crippen LogP contribution in [0.15, 0.2) is 24.3 Å². The zero-order valence-corrected chi connectivity index (χ0v) is 17.4. The summed E-state index contributed by atoms with van der Waals surface area (Å²) in [5, 5.41) is 1.88. The number of methoxy groups -OCH3 is 2. The van der Waals surface area contributed by atoms with Crippen LogP contribution in [-0.2, 0) is 17.6 Å². The van der Waals surface area contributed by atoms with Crippen molar-refractivity contribution in [2.24, 2.45) is 0 Å². The second kappa shape index (κ2) is 9.70. The zero-order chi connectivity index (χ0) is 19.3. The van der Waals surface area contributed by atoms with Crippen LogP contribution in [0.4, 0.5) is 0 Å². The Bertz CT molecular complexity index is 740. The topological polar surface area (TPSA) is 35.5 Å². The highest BCUT2D eigenvalue weighted by Gasteiger charge is 2.14. The van der Waals surface area contributed by atoms with Gasteiger partial charge in [-0.3, -0.25) is 4.79 Å². The van der Waals surface area contributed by atoms with E-state index in [9.17, 15) is 4.79 Å². The molecule has 0 fully saturated rings. The van der Waals surface area contributed by atoms with E-state index >= 15 is 0 Å². The summed E-state index contributed by atoms with van der Waals surface area (Å²) in [7, 11) is 3.07. The van der Waals surface area contributed by atoms with Crippen LogP contribution in [0.25, 0.3) is 0 Å². The van der Waals surface area contributed by atoms with E-state index in [1.165, 1.54) is 14.2 Å². The highest BCUT2D eigenvalue weighted by atomic mass is 35.5. The molecule has 0 saturated carbocycles. The van der Waals surface area contributed by atoms with Crippen molar-refractivity contribution in [1.82, 2.24) is 0 Å².